The molecule has 1 heterocycles. The topological polar surface area (TPSA) is 163 Å². The first-order valence-corrected chi connectivity index (χ1v) is 12.6. The molecular weight excluding hydrogens is 470 g/mol. The maximum Gasteiger partial charge on any atom is 0.338 e. The normalized spacial score (nSPS) is 13.0. The molecule has 0 aliphatic rings. The summed E-state index contributed by atoms with van der Waals surface area (Å²) in [7, 11) is -3.22. The van der Waals surface area contributed by atoms with Crippen molar-refractivity contribution >= 4 is 37.4 Å². The Morgan fingerprint density at radius 1 is 1.23 bits per heavy atom. The van der Waals surface area contributed by atoms with E-state index in [0.29, 0.717) is 17.9 Å². The van der Waals surface area contributed by atoms with E-state index < -0.39 is 30.4 Å². The predicted octanol–water partition coefficient (Wildman–Crippen LogP) is -0.846. The summed E-state index contributed by atoms with van der Waals surface area (Å²) in [5, 5.41) is 8.65. The van der Waals surface area contributed by atoms with Crippen molar-refractivity contribution in [3.63, 3.8) is 0 Å². The smallest absolute Gasteiger partial charge is 0.338 e. The molecule has 0 atom stereocenters. The lowest BCUT2D eigenvalue weighted by Crippen LogP contribution is -2.19. The third-order valence-electron chi connectivity index (χ3n) is 3.64. The Balaban J connectivity index is 2.13. The number of hydrogen-bond donors (Lipinski definition) is 1. The lowest BCUT2D eigenvalue weighted by Gasteiger charge is -2.10. The standard InChI is InChI=1S/C16H23N5O7S3/c1-20(2)7-8-27-9-10-28-14(22)12-5-4-6-13(11-12)31(25,26)19-15-21(3)18-16(29-15)30(17,23)24/h4-6,11H,7-10H2,1-3H3,(H2,17,23,24)/b19-15+. The van der Waals surface area contributed by atoms with Crippen LogP contribution in [0.15, 0.2) is 37.9 Å². The van der Waals surface area contributed by atoms with Crippen LogP contribution >= 0.6 is 11.3 Å². The van der Waals surface area contributed by atoms with E-state index in [1.165, 1.54) is 25.2 Å². The number of ether oxygens (including phenoxy) is 2. The van der Waals surface area contributed by atoms with Crippen molar-refractivity contribution in [2.75, 3.05) is 40.5 Å². The number of rotatable bonds is 10. The fraction of sp³-hybridized carbons (Fsp3) is 0.438. The van der Waals surface area contributed by atoms with Crippen LogP contribution in [0.4, 0.5) is 0 Å². The van der Waals surface area contributed by atoms with Crippen molar-refractivity contribution in [3.8, 4) is 0 Å². The number of hydrogen-bond acceptors (Lipinski definition) is 10. The quantitative estimate of drug-likeness (QED) is 0.328. The lowest BCUT2D eigenvalue weighted by molar-refractivity contribution is 0.0298. The van der Waals surface area contributed by atoms with E-state index in [2.05, 4.69) is 9.50 Å². The van der Waals surface area contributed by atoms with Crippen LogP contribution in [0.1, 0.15) is 10.4 Å². The number of nitrogens with two attached hydrogens (primary N) is 1. The van der Waals surface area contributed by atoms with Crippen LogP contribution in [0.5, 0.6) is 0 Å². The van der Waals surface area contributed by atoms with Crippen LogP contribution in [0, 0.1) is 0 Å². The predicted molar refractivity (Wildman–Crippen MR) is 111 cm³/mol. The van der Waals surface area contributed by atoms with Crippen molar-refractivity contribution in [2.24, 2.45) is 16.6 Å². The molecule has 1 aromatic heterocycles. The zero-order valence-electron chi connectivity index (χ0n) is 17.1. The van der Waals surface area contributed by atoms with E-state index in [-0.39, 0.29) is 28.5 Å². The van der Waals surface area contributed by atoms with Crippen molar-refractivity contribution < 1.29 is 31.1 Å². The highest BCUT2D eigenvalue weighted by Gasteiger charge is 2.19. The first-order valence-electron chi connectivity index (χ1n) is 8.78. The first kappa shape index (κ1) is 25.1. The molecule has 1 aromatic carbocycles. The van der Waals surface area contributed by atoms with Gasteiger partial charge in [0, 0.05) is 13.6 Å². The molecule has 0 bridgehead atoms. The van der Waals surface area contributed by atoms with Gasteiger partial charge in [-0.1, -0.05) is 17.4 Å². The number of primary sulfonamides is 1. The van der Waals surface area contributed by atoms with Gasteiger partial charge in [-0.25, -0.2) is 23.0 Å². The van der Waals surface area contributed by atoms with Gasteiger partial charge in [0.15, 0.2) is 0 Å². The molecule has 172 valence electrons. The number of likely N-dealkylation sites (N-methyl/N-ethyl adjacent to an activating group) is 1. The van der Waals surface area contributed by atoms with Crippen molar-refractivity contribution in [1.82, 2.24) is 14.7 Å². The molecule has 0 aliphatic heterocycles. The molecule has 0 radical (unpaired) electrons. The van der Waals surface area contributed by atoms with Crippen molar-refractivity contribution in [3.05, 3.63) is 34.6 Å². The molecule has 31 heavy (non-hydrogen) atoms. The minimum absolute atomic E-state index is 0.0145. The summed E-state index contributed by atoms with van der Waals surface area (Å²) in [5.41, 5.74) is 0.0171. The summed E-state index contributed by atoms with van der Waals surface area (Å²) in [6.45, 7) is 1.44. The minimum atomic E-state index is -4.26. The zero-order chi connectivity index (χ0) is 23.2. The highest BCUT2D eigenvalue weighted by atomic mass is 32.2. The monoisotopic (exact) mass is 493 g/mol. The number of carbonyl (C=O) groups is 1. The molecule has 0 saturated carbocycles. The second-order valence-corrected chi connectivity index (χ2v) is 10.8. The molecule has 2 N–H and O–H groups in total. The SMILES string of the molecule is CN(C)CCOCCOC(=O)c1cccc(S(=O)(=O)/N=c2/sc(S(N)(=O)=O)nn2C)c1. The van der Waals surface area contributed by atoms with Gasteiger partial charge in [-0.3, -0.25) is 0 Å². The van der Waals surface area contributed by atoms with Gasteiger partial charge in [-0.15, -0.1) is 9.50 Å². The summed E-state index contributed by atoms with van der Waals surface area (Å²) in [4.78, 5) is 13.7. The second-order valence-electron chi connectivity index (χ2n) is 6.46. The van der Waals surface area contributed by atoms with Gasteiger partial charge < -0.3 is 14.4 Å². The largest absolute Gasteiger partial charge is 0.460 e. The van der Waals surface area contributed by atoms with Crippen molar-refractivity contribution in [1.29, 1.82) is 0 Å². The van der Waals surface area contributed by atoms with E-state index in [1.54, 1.807) is 0 Å². The summed E-state index contributed by atoms with van der Waals surface area (Å²) >= 11 is 0.502. The van der Waals surface area contributed by atoms with Gasteiger partial charge in [0.1, 0.15) is 6.61 Å². The molecule has 2 rings (SSSR count). The number of nitrogens with zero attached hydrogens (tertiary/aromatic N) is 4. The number of benzene rings is 1. The number of carbonyl (C=O) groups excluding carboxylic acids is 1. The first-order chi connectivity index (χ1) is 14.4. The van der Waals surface area contributed by atoms with E-state index >= 15 is 0 Å². The Morgan fingerprint density at radius 3 is 2.55 bits per heavy atom. The van der Waals surface area contributed by atoms with E-state index in [1.807, 2.05) is 19.0 Å². The van der Waals surface area contributed by atoms with Crippen LogP contribution < -0.4 is 9.94 Å². The van der Waals surface area contributed by atoms with Crippen LogP contribution in [-0.4, -0.2) is 77.9 Å². The highest BCUT2D eigenvalue weighted by Crippen LogP contribution is 2.15. The number of sulfonamides is 2. The zero-order valence-corrected chi connectivity index (χ0v) is 19.5. The van der Waals surface area contributed by atoms with Gasteiger partial charge in [0.05, 0.1) is 23.7 Å². The van der Waals surface area contributed by atoms with Crippen LogP contribution in [0.2, 0.25) is 0 Å². The summed E-state index contributed by atoms with van der Waals surface area (Å²) in [5.74, 6) is -0.715. The highest BCUT2D eigenvalue weighted by molar-refractivity contribution is 7.91. The van der Waals surface area contributed by atoms with E-state index in [9.17, 15) is 21.6 Å². The molecule has 15 heteroatoms. The molecule has 0 amide bonds. The second kappa shape index (κ2) is 10.4. The molecular formula is C16H23N5O7S3. The minimum Gasteiger partial charge on any atom is -0.460 e. The fourth-order valence-corrected chi connectivity index (χ4v) is 4.90. The summed E-state index contributed by atoms with van der Waals surface area (Å²) < 4.78 is 62.5. The molecule has 0 fully saturated rings. The van der Waals surface area contributed by atoms with Gasteiger partial charge in [-0.05, 0) is 32.3 Å². The molecule has 0 unspecified atom stereocenters. The maximum absolute atomic E-state index is 12.6. The van der Waals surface area contributed by atoms with Gasteiger partial charge in [-0.2, -0.15) is 8.42 Å². The van der Waals surface area contributed by atoms with Crippen LogP contribution in [-0.2, 0) is 36.6 Å². The molecule has 12 nitrogen and oxygen atoms in total. The Kier molecular flexibility index (Phi) is 8.44. The molecule has 0 aliphatic carbocycles. The maximum atomic E-state index is 12.6. The summed E-state index contributed by atoms with van der Waals surface area (Å²) in [6.07, 6.45) is 0. The molecule has 0 saturated heterocycles. The lowest BCUT2D eigenvalue weighted by atomic mass is 10.2. The molecule has 0 spiro atoms. The van der Waals surface area contributed by atoms with Gasteiger partial charge in [0.2, 0.25) is 9.14 Å². The van der Waals surface area contributed by atoms with Crippen molar-refractivity contribution in [2.45, 2.75) is 9.24 Å². The van der Waals surface area contributed by atoms with Gasteiger partial charge in [0.25, 0.3) is 20.0 Å². The number of aryl methyl sites for hydroxylation is 1. The Hall–Kier alpha value is -2.17. The molecule has 2 aromatic rings. The van der Waals surface area contributed by atoms with E-state index in [0.717, 1.165) is 17.3 Å². The van der Waals surface area contributed by atoms with E-state index in [4.69, 9.17) is 14.6 Å². The summed E-state index contributed by atoms with van der Waals surface area (Å²) in [6, 6.07) is 5.15. The Bertz CT molecular complexity index is 1200. The average Bonchev–Trinajstić information content (AvgIpc) is 3.04. The Labute approximate surface area is 184 Å². The Morgan fingerprint density at radius 2 is 1.94 bits per heavy atom. The third kappa shape index (κ3) is 7.48. The van der Waals surface area contributed by atoms with Gasteiger partial charge >= 0.3 is 5.97 Å². The average molecular weight is 494 g/mol. The fourth-order valence-electron chi connectivity index (χ4n) is 2.09. The van der Waals surface area contributed by atoms with Crippen LogP contribution in [0.25, 0.3) is 0 Å². The number of esters is 1. The number of aromatic nitrogens is 2. The third-order valence-corrected chi connectivity index (χ3v) is 7.33. The van der Waals surface area contributed by atoms with Crippen LogP contribution in [0.3, 0.4) is 0 Å².